The highest BCUT2D eigenvalue weighted by atomic mass is 32.3. The highest BCUT2D eigenvalue weighted by molar-refractivity contribution is 8.00. The topological polar surface area (TPSA) is 98.8 Å². The van der Waals surface area contributed by atoms with Gasteiger partial charge in [0.15, 0.2) is 0 Å². The molecule has 0 aromatic carbocycles. The van der Waals surface area contributed by atoms with Crippen LogP contribution >= 0.6 is 0 Å². The van der Waals surface area contributed by atoms with E-state index >= 15 is 0 Å². The zero-order valence-corrected chi connectivity index (χ0v) is 8.81. The van der Waals surface area contributed by atoms with E-state index in [1.807, 2.05) is 0 Å². The lowest BCUT2D eigenvalue weighted by Gasteiger charge is -2.05. The Hall–Kier alpha value is -0.220. The third-order valence-corrected chi connectivity index (χ3v) is 3.48. The summed E-state index contributed by atoms with van der Waals surface area (Å²) in [6.07, 6.45) is 0. The molecule has 13 heavy (non-hydrogen) atoms. The van der Waals surface area contributed by atoms with Crippen molar-refractivity contribution in [1.82, 2.24) is 4.13 Å². The van der Waals surface area contributed by atoms with Crippen molar-refractivity contribution in [1.29, 1.82) is 0 Å². The fourth-order valence-electron chi connectivity index (χ4n) is 0.483. The lowest BCUT2D eigenvalue weighted by atomic mass is 10.9. The largest absolute Gasteiger partial charge is 0.350 e. The fraction of sp³-hybridized carbons (Fsp3) is 1.00. The molecule has 7 nitrogen and oxygen atoms in total. The Kier molecular flexibility index (Phi) is 4.78. The maximum absolute atomic E-state index is 10.7. The smallest absolute Gasteiger partial charge is 0.258 e. The van der Waals surface area contributed by atoms with Crippen molar-refractivity contribution in [3.05, 3.63) is 0 Å². The molecule has 0 aliphatic rings. The van der Waals surface area contributed by atoms with Crippen molar-refractivity contribution in [3.63, 3.8) is 0 Å². The molecule has 0 aromatic rings. The molecule has 0 fully saturated rings. The third-order valence-electron chi connectivity index (χ3n) is 0.750. The Morgan fingerprint density at radius 2 is 1.23 bits per heavy atom. The summed E-state index contributed by atoms with van der Waals surface area (Å²) < 4.78 is 52.4. The first-order valence-corrected chi connectivity index (χ1v) is 6.22. The Balaban J connectivity index is 4.44. The average Bonchev–Trinajstić information content (AvgIpc) is 1.82. The van der Waals surface area contributed by atoms with Crippen LogP contribution in [-0.4, -0.2) is 30.0 Å². The van der Waals surface area contributed by atoms with Gasteiger partial charge in [0, 0.05) is 0 Å². The summed E-state index contributed by atoms with van der Waals surface area (Å²) in [6, 6.07) is 0. The van der Waals surface area contributed by atoms with Gasteiger partial charge in [-0.15, -0.1) is 0 Å². The van der Waals surface area contributed by atoms with Crippen molar-refractivity contribution in [2.75, 3.05) is 13.2 Å². The molecule has 0 saturated heterocycles. The van der Waals surface area contributed by atoms with Gasteiger partial charge >= 0.3 is 20.6 Å². The molecule has 0 atom stereocenters. The summed E-state index contributed by atoms with van der Waals surface area (Å²) in [4.78, 5) is 0. The molecular formula is C4H11NO6S2. The van der Waals surface area contributed by atoms with Gasteiger partial charge in [-0.25, -0.2) is 0 Å². The Bertz CT molecular complexity index is 296. The standard InChI is InChI=1S/C4H11NO6S2/c1-3-10-12(6,7)5-13(8,9)11-4-2/h5H,3-4H2,1-2H3. The van der Waals surface area contributed by atoms with E-state index in [2.05, 4.69) is 8.37 Å². The van der Waals surface area contributed by atoms with Crippen LogP contribution in [0.4, 0.5) is 0 Å². The molecular weight excluding hydrogens is 222 g/mol. The lowest BCUT2D eigenvalue weighted by molar-refractivity contribution is 0.319. The molecule has 0 aromatic heterocycles. The van der Waals surface area contributed by atoms with Crippen LogP contribution in [0.25, 0.3) is 0 Å². The maximum atomic E-state index is 10.7. The predicted molar refractivity (Wildman–Crippen MR) is 44.2 cm³/mol. The minimum absolute atomic E-state index is 0.156. The molecule has 0 aliphatic carbocycles. The van der Waals surface area contributed by atoms with Crippen molar-refractivity contribution in [2.45, 2.75) is 13.8 Å². The minimum Gasteiger partial charge on any atom is -0.258 e. The third kappa shape index (κ3) is 5.93. The van der Waals surface area contributed by atoms with Crippen LogP contribution in [-0.2, 0) is 29.0 Å². The number of hydrogen-bond acceptors (Lipinski definition) is 6. The maximum Gasteiger partial charge on any atom is 0.350 e. The fourth-order valence-corrected chi connectivity index (χ4v) is 2.49. The van der Waals surface area contributed by atoms with Crippen LogP contribution in [0.15, 0.2) is 0 Å². The van der Waals surface area contributed by atoms with Crippen molar-refractivity contribution < 1.29 is 25.2 Å². The van der Waals surface area contributed by atoms with E-state index in [0.717, 1.165) is 0 Å². The zero-order chi connectivity index (χ0) is 10.5. The van der Waals surface area contributed by atoms with E-state index in [0.29, 0.717) is 0 Å². The summed E-state index contributed by atoms with van der Waals surface area (Å²) >= 11 is 0. The molecule has 0 radical (unpaired) electrons. The highest BCUT2D eigenvalue weighted by Crippen LogP contribution is 1.94. The van der Waals surface area contributed by atoms with Gasteiger partial charge in [-0.1, -0.05) is 4.13 Å². The summed E-state index contributed by atoms with van der Waals surface area (Å²) in [6.45, 7) is 2.51. The van der Waals surface area contributed by atoms with Crippen LogP contribution in [0.5, 0.6) is 0 Å². The van der Waals surface area contributed by atoms with Gasteiger partial charge in [-0.05, 0) is 13.8 Å². The van der Waals surface area contributed by atoms with Crippen LogP contribution < -0.4 is 4.13 Å². The molecule has 9 heteroatoms. The number of nitrogens with one attached hydrogen (secondary N) is 1. The van der Waals surface area contributed by atoms with Crippen LogP contribution in [0, 0.1) is 0 Å². The van der Waals surface area contributed by atoms with Gasteiger partial charge in [0.05, 0.1) is 13.2 Å². The predicted octanol–water partition coefficient (Wildman–Crippen LogP) is -0.861. The molecule has 0 rings (SSSR count). The average molecular weight is 233 g/mol. The number of hydrogen-bond donors (Lipinski definition) is 1. The van der Waals surface area contributed by atoms with Crippen molar-refractivity contribution in [3.8, 4) is 0 Å². The second kappa shape index (κ2) is 4.86. The van der Waals surface area contributed by atoms with Crippen molar-refractivity contribution >= 4 is 20.6 Å². The first-order valence-electron chi connectivity index (χ1n) is 3.40. The van der Waals surface area contributed by atoms with Crippen LogP contribution in [0.3, 0.4) is 0 Å². The molecule has 0 spiro atoms. The van der Waals surface area contributed by atoms with Crippen LogP contribution in [0.2, 0.25) is 0 Å². The number of rotatable bonds is 6. The van der Waals surface area contributed by atoms with E-state index in [1.165, 1.54) is 18.0 Å². The first-order chi connectivity index (χ1) is 5.83. The van der Waals surface area contributed by atoms with Gasteiger partial charge in [0.25, 0.3) is 0 Å². The summed E-state index contributed by atoms with van der Waals surface area (Å²) in [5, 5.41) is 0. The molecule has 0 amide bonds. The van der Waals surface area contributed by atoms with Gasteiger partial charge in [0.1, 0.15) is 0 Å². The normalized spacial score (nSPS) is 13.1. The van der Waals surface area contributed by atoms with E-state index in [4.69, 9.17) is 0 Å². The SMILES string of the molecule is CCOS(=O)(=O)NS(=O)(=O)OCC. The van der Waals surface area contributed by atoms with E-state index < -0.39 is 20.6 Å². The van der Waals surface area contributed by atoms with Gasteiger partial charge in [-0.3, -0.25) is 8.37 Å². The summed E-state index contributed by atoms with van der Waals surface area (Å²) in [7, 11) is -8.55. The molecule has 0 heterocycles. The zero-order valence-electron chi connectivity index (χ0n) is 7.18. The Labute approximate surface area is 77.6 Å². The minimum atomic E-state index is -4.27. The quantitative estimate of drug-likeness (QED) is 0.641. The Morgan fingerprint density at radius 1 is 0.923 bits per heavy atom. The summed E-state index contributed by atoms with van der Waals surface area (Å²) in [5.41, 5.74) is 0. The van der Waals surface area contributed by atoms with E-state index in [-0.39, 0.29) is 13.2 Å². The molecule has 0 saturated carbocycles. The van der Waals surface area contributed by atoms with Gasteiger partial charge < -0.3 is 0 Å². The van der Waals surface area contributed by atoms with E-state index in [1.54, 1.807) is 0 Å². The van der Waals surface area contributed by atoms with Crippen molar-refractivity contribution in [2.24, 2.45) is 0 Å². The molecule has 80 valence electrons. The lowest BCUT2D eigenvalue weighted by Crippen LogP contribution is -2.33. The molecule has 0 unspecified atom stereocenters. The summed E-state index contributed by atoms with van der Waals surface area (Å²) in [5.74, 6) is 0. The Morgan fingerprint density at radius 3 is 1.46 bits per heavy atom. The monoisotopic (exact) mass is 233 g/mol. The highest BCUT2D eigenvalue weighted by Gasteiger charge is 2.20. The molecule has 0 bridgehead atoms. The first kappa shape index (κ1) is 12.8. The van der Waals surface area contributed by atoms with Crippen LogP contribution in [0.1, 0.15) is 13.8 Å². The van der Waals surface area contributed by atoms with E-state index in [9.17, 15) is 16.8 Å². The molecule has 1 N–H and O–H groups in total. The van der Waals surface area contributed by atoms with Gasteiger partial charge in [0.2, 0.25) is 0 Å². The second-order valence-corrected chi connectivity index (χ2v) is 4.76. The second-order valence-electron chi connectivity index (χ2n) is 1.80. The van der Waals surface area contributed by atoms with Gasteiger partial charge in [-0.2, -0.15) is 16.8 Å². The molecule has 0 aliphatic heterocycles.